The average Bonchev–Trinajstić information content (AvgIpc) is 2.63. The van der Waals surface area contributed by atoms with E-state index in [-0.39, 0.29) is 17.1 Å². The molecule has 1 saturated heterocycles. The number of hydrogen-bond acceptors (Lipinski definition) is 4. The van der Waals surface area contributed by atoms with Crippen LogP contribution in [0.2, 0.25) is 5.02 Å². The van der Waals surface area contributed by atoms with Crippen molar-refractivity contribution < 1.29 is 14.6 Å². The summed E-state index contributed by atoms with van der Waals surface area (Å²) in [7, 11) is 3.11. The molecule has 1 aromatic carbocycles. The largest absolute Gasteiger partial charge is 0.491 e. The van der Waals surface area contributed by atoms with Crippen LogP contribution in [-0.4, -0.2) is 40.7 Å². The van der Waals surface area contributed by atoms with Crippen molar-refractivity contribution in [2.24, 2.45) is 7.05 Å². The molecule has 3 rings (SSSR count). The Balaban J connectivity index is 1.75. The van der Waals surface area contributed by atoms with Crippen LogP contribution in [0.25, 0.3) is 0 Å². The van der Waals surface area contributed by atoms with Crippen LogP contribution in [0.1, 0.15) is 28.9 Å². The number of benzene rings is 1. The lowest BCUT2D eigenvalue weighted by molar-refractivity contribution is -0.0213. The Morgan fingerprint density at radius 3 is 2.42 bits per heavy atom. The molecule has 1 aromatic heterocycles. The smallest absolute Gasteiger partial charge is 0.270 e. The fraction of sp³-hybridized carbons (Fsp3) is 0.368. The average molecular weight is 377 g/mol. The molecule has 2 heterocycles. The van der Waals surface area contributed by atoms with Gasteiger partial charge >= 0.3 is 0 Å². The number of aryl methyl sites for hydroxylation is 1. The van der Waals surface area contributed by atoms with Gasteiger partial charge in [-0.3, -0.25) is 9.59 Å². The third-order valence-electron chi connectivity index (χ3n) is 4.90. The first-order chi connectivity index (χ1) is 12.3. The predicted octanol–water partition coefficient (Wildman–Crippen LogP) is 2.17. The maximum Gasteiger partial charge on any atom is 0.270 e. The summed E-state index contributed by atoms with van der Waals surface area (Å²) in [5.74, 6) is -0.0368. The summed E-state index contributed by atoms with van der Waals surface area (Å²) < 4.78 is 6.58. The van der Waals surface area contributed by atoms with Crippen molar-refractivity contribution in [3.63, 3.8) is 0 Å². The quantitative estimate of drug-likeness (QED) is 0.891. The van der Waals surface area contributed by atoms with Crippen LogP contribution in [0, 0.1) is 0 Å². The SMILES string of the molecule is COc1cn(C)c(C(=O)N2CCC(O)(c3ccc(Cl)cc3)CC2)cc1=O. The third-order valence-corrected chi connectivity index (χ3v) is 5.15. The third kappa shape index (κ3) is 3.48. The minimum atomic E-state index is -0.979. The fourth-order valence-electron chi connectivity index (χ4n) is 3.26. The molecule has 0 atom stereocenters. The number of likely N-dealkylation sites (tertiary alicyclic amines) is 1. The Labute approximate surface area is 156 Å². The monoisotopic (exact) mass is 376 g/mol. The molecule has 0 spiro atoms. The minimum absolute atomic E-state index is 0.194. The molecule has 0 unspecified atom stereocenters. The van der Waals surface area contributed by atoms with Crippen LogP contribution >= 0.6 is 11.6 Å². The summed E-state index contributed by atoms with van der Waals surface area (Å²) in [5.41, 5.74) is -0.213. The van der Waals surface area contributed by atoms with Crippen LogP contribution in [0.3, 0.4) is 0 Å². The number of hydrogen-bond donors (Lipinski definition) is 1. The van der Waals surface area contributed by atoms with Crippen molar-refractivity contribution in [2.45, 2.75) is 18.4 Å². The Bertz CT molecular complexity index is 868. The van der Waals surface area contributed by atoms with Crippen LogP contribution in [0.15, 0.2) is 41.3 Å². The molecule has 1 amide bonds. The summed E-state index contributed by atoms with van der Waals surface area (Å²) in [5, 5.41) is 11.5. The van der Waals surface area contributed by atoms with E-state index < -0.39 is 5.60 Å². The second-order valence-corrected chi connectivity index (χ2v) is 6.97. The Hall–Kier alpha value is -2.31. The number of carbonyl (C=O) groups is 1. The molecule has 2 aromatic rings. The molecule has 7 heteroatoms. The van der Waals surface area contributed by atoms with Gasteiger partial charge in [0.1, 0.15) is 5.69 Å². The number of amides is 1. The van der Waals surface area contributed by atoms with Crippen molar-refractivity contribution >= 4 is 17.5 Å². The molecule has 0 aliphatic carbocycles. The number of piperidine rings is 1. The Kier molecular flexibility index (Phi) is 5.07. The molecule has 1 N–H and O–H groups in total. The van der Waals surface area contributed by atoms with Crippen molar-refractivity contribution in [3.05, 3.63) is 63.0 Å². The molecule has 1 fully saturated rings. The first-order valence-electron chi connectivity index (χ1n) is 8.36. The summed E-state index contributed by atoms with van der Waals surface area (Å²) in [6.07, 6.45) is 2.35. The van der Waals surface area contributed by atoms with E-state index in [1.165, 1.54) is 19.4 Å². The highest BCUT2D eigenvalue weighted by molar-refractivity contribution is 6.30. The van der Waals surface area contributed by atoms with Crippen molar-refractivity contribution in [3.8, 4) is 5.75 Å². The van der Waals surface area contributed by atoms with E-state index >= 15 is 0 Å². The second kappa shape index (κ2) is 7.13. The van der Waals surface area contributed by atoms with Gasteiger partial charge in [-0.15, -0.1) is 0 Å². The lowest BCUT2D eigenvalue weighted by Gasteiger charge is -2.38. The summed E-state index contributed by atoms with van der Waals surface area (Å²) >= 11 is 5.91. The van der Waals surface area contributed by atoms with Gasteiger partial charge in [0.25, 0.3) is 5.91 Å². The first-order valence-corrected chi connectivity index (χ1v) is 8.74. The number of rotatable bonds is 3. The molecule has 26 heavy (non-hydrogen) atoms. The van der Waals surface area contributed by atoms with Gasteiger partial charge in [-0.1, -0.05) is 23.7 Å². The lowest BCUT2D eigenvalue weighted by atomic mass is 9.84. The van der Waals surface area contributed by atoms with Crippen molar-refractivity contribution in [1.82, 2.24) is 9.47 Å². The van der Waals surface area contributed by atoms with E-state index in [0.717, 1.165) is 5.56 Å². The van der Waals surface area contributed by atoms with Gasteiger partial charge in [0.15, 0.2) is 5.75 Å². The minimum Gasteiger partial charge on any atom is -0.491 e. The maximum atomic E-state index is 12.8. The van der Waals surface area contributed by atoms with Gasteiger partial charge in [-0.2, -0.15) is 0 Å². The number of aromatic nitrogens is 1. The summed E-state index contributed by atoms with van der Waals surface area (Å²) in [6, 6.07) is 8.42. The fourth-order valence-corrected chi connectivity index (χ4v) is 3.39. The maximum absolute atomic E-state index is 12.8. The van der Waals surface area contributed by atoms with Gasteiger partial charge < -0.3 is 19.3 Å². The highest BCUT2D eigenvalue weighted by atomic mass is 35.5. The molecular formula is C19H21ClN2O4. The molecule has 138 valence electrons. The van der Waals surface area contributed by atoms with Crippen LogP contribution in [-0.2, 0) is 12.6 Å². The van der Waals surface area contributed by atoms with Crippen LogP contribution < -0.4 is 10.2 Å². The molecule has 0 bridgehead atoms. The molecular weight excluding hydrogens is 356 g/mol. The highest BCUT2D eigenvalue weighted by Crippen LogP contribution is 2.33. The number of methoxy groups -OCH3 is 1. The van der Waals surface area contributed by atoms with Gasteiger partial charge in [0.2, 0.25) is 5.43 Å². The zero-order chi connectivity index (χ0) is 18.9. The van der Waals surface area contributed by atoms with Gasteiger partial charge in [0.05, 0.1) is 18.9 Å². The standard InChI is InChI=1S/C19H21ClN2O4/c1-21-12-17(26-2)16(23)11-15(21)18(24)22-9-7-19(25,8-10-22)13-3-5-14(20)6-4-13/h3-6,11-12,25H,7-10H2,1-2H3. The van der Waals surface area contributed by atoms with E-state index in [2.05, 4.69) is 0 Å². The Morgan fingerprint density at radius 2 is 1.85 bits per heavy atom. The number of carbonyl (C=O) groups excluding carboxylic acids is 1. The molecule has 1 aliphatic rings. The van der Waals surface area contributed by atoms with Crippen LogP contribution in [0.4, 0.5) is 0 Å². The van der Waals surface area contributed by atoms with Gasteiger partial charge in [-0.05, 0) is 30.5 Å². The lowest BCUT2D eigenvalue weighted by Crippen LogP contribution is -2.45. The van der Waals surface area contributed by atoms with E-state index in [0.29, 0.717) is 36.6 Å². The summed E-state index contributed by atoms with van der Waals surface area (Å²) in [6.45, 7) is 0.802. The molecule has 0 radical (unpaired) electrons. The van der Waals surface area contributed by atoms with Crippen molar-refractivity contribution in [2.75, 3.05) is 20.2 Å². The van der Waals surface area contributed by atoms with Crippen molar-refractivity contribution in [1.29, 1.82) is 0 Å². The van der Waals surface area contributed by atoms with Crippen LogP contribution in [0.5, 0.6) is 5.75 Å². The number of halogens is 1. The number of ether oxygens (including phenoxy) is 1. The van der Waals surface area contributed by atoms with Gasteiger partial charge in [-0.25, -0.2) is 0 Å². The number of nitrogens with zero attached hydrogens (tertiary/aromatic N) is 2. The molecule has 0 saturated carbocycles. The second-order valence-electron chi connectivity index (χ2n) is 6.53. The zero-order valence-corrected chi connectivity index (χ0v) is 15.5. The highest BCUT2D eigenvalue weighted by Gasteiger charge is 2.36. The van der Waals surface area contributed by atoms with E-state index in [1.54, 1.807) is 28.6 Å². The Morgan fingerprint density at radius 1 is 1.23 bits per heavy atom. The predicted molar refractivity (Wildman–Crippen MR) is 98.7 cm³/mol. The molecule has 6 nitrogen and oxygen atoms in total. The van der Waals surface area contributed by atoms with Gasteiger partial charge in [0, 0.05) is 31.2 Å². The number of aliphatic hydroxyl groups is 1. The van der Waals surface area contributed by atoms with E-state index in [4.69, 9.17) is 16.3 Å². The first kappa shape index (κ1) is 18.5. The zero-order valence-electron chi connectivity index (χ0n) is 14.7. The molecule has 1 aliphatic heterocycles. The van der Waals surface area contributed by atoms with E-state index in [1.807, 2.05) is 12.1 Å². The summed E-state index contributed by atoms with van der Waals surface area (Å²) in [4.78, 5) is 26.4. The normalized spacial score (nSPS) is 16.4. The number of pyridine rings is 1. The van der Waals surface area contributed by atoms with E-state index in [9.17, 15) is 14.7 Å². The topological polar surface area (TPSA) is 71.8 Å².